The maximum Gasteiger partial charge on any atom is 0.191 e. The zero-order valence-electron chi connectivity index (χ0n) is 14.2. The van der Waals surface area contributed by atoms with Crippen LogP contribution in [0.25, 0.3) is 0 Å². The van der Waals surface area contributed by atoms with E-state index in [1.807, 2.05) is 0 Å². The minimum Gasteiger partial charge on any atom is -0.379 e. The van der Waals surface area contributed by atoms with E-state index in [1.165, 1.54) is 25.7 Å². The van der Waals surface area contributed by atoms with Gasteiger partial charge >= 0.3 is 0 Å². The van der Waals surface area contributed by atoms with Gasteiger partial charge < -0.3 is 15.4 Å². The van der Waals surface area contributed by atoms with Gasteiger partial charge in [0.2, 0.25) is 0 Å². The van der Waals surface area contributed by atoms with Gasteiger partial charge in [0.25, 0.3) is 0 Å². The molecule has 2 aliphatic rings. The first-order chi connectivity index (χ1) is 10.3. The van der Waals surface area contributed by atoms with E-state index in [4.69, 9.17) is 9.73 Å². The predicted octanol–water partition coefficient (Wildman–Crippen LogP) is 2.07. The highest BCUT2D eigenvalue weighted by Crippen LogP contribution is 2.43. The number of guanidine groups is 1. The van der Waals surface area contributed by atoms with E-state index in [1.54, 1.807) is 0 Å². The summed E-state index contributed by atoms with van der Waals surface area (Å²) in [5.41, 5.74) is 0.493. The number of halogens is 1. The second-order valence-electron chi connectivity index (χ2n) is 6.28. The Kier molecular flexibility index (Phi) is 9.66. The van der Waals surface area contributed by atoms with Crippen LogP contribution in [0.3, 0.4) is 0 Å². The molecule has 0 aromatic heterocycles. The average molecular weight is 424 g/mol. The van der Waals surface area contributed by atoms with Crippen LogP contribution in [0.5, 0.6) is 0 Å². The van der Waals surface area contributed by atoms with Gasteiger partial charge in [0.15, 0.2) is 5.96 Å². The van der Waals surface area contributed by atoms with Crippen LogP contribution in [0, 0.1) is 5.41 Å². The summed E-state index contributed by atoms with van der Waals surface area (Å²) in [4.78, 5) is 7.26. The third kappa shape index (κ3) is 6.20. The molecule has 2 N–H and O–H groups in total. The second-order valence-corrected chi connectivity index (χ2v) is 6.28. The van der Waals surface area contributed by atoms with Crippen molar-refractivity contribution in [3.63, 3.8) is 0 Å². The Morgan fingerprint density at radius 1 is 1.18 bits per heavy atom. The van der Waals surface area contributed by atoms with Gasteiger partial charge in [0.05, 0.1) is 13.2 Å². The van der Waals surface area contributed by atoms with Crippen molar-refractivity contribution >= 4 is 29.9 Å². The molecule has 0 radical (unpaired) electrons. The maximum absolute atomic E-state index is 5.37. The summed E-state index contributed by atoms with van der Waals surface area (Å²) in [6.07, 6.45) is 5.33. The fourth-order valence-corrected chi connectivity index (χ4v) is 3.05. The highest BCUT2D eigenvalue weighted by atomic mass is 127. The van der Waals surface area contributed by atoms with Crippen molar-refractivity contribution in [2.24, 2.45) is 10.4 Å². The summed E-state index contributed by atoms with van der Waals surface area (Å²) in [7, 11) is 0. The van der Waals surface area contributed by atoms with Crippen molar-refractivity contribution in [2.45, 2.75) is 39.5 Å². The Hall–Kier alpha value is -0.0800. The molecule has 0 aromatic carbocycles. The third-order valence-electron chi connectivity index (χ3n) is 4.91. The van der Waals surface area contributed by atoms with Crippen LogP contribution < -0.4 is 10.6 Å². The molecule has 130 valence electrons. The highest BCUT2D eigenvalue weighted by molar-refractivity contribution is 14.0. The van der Waals surface area contributed by atoms with E-state index in [2.05, 4.69) is 29.4 Å². The molecule has 2 rings (SSSR count). The van der Waals surface area contributed by atoms with E-state index < -0.39 is 0 Å². The van der Waals surface area contributed by atoms with Gasteiger partial charge in [-0.3, -0.25) is 9.89 Å². The zero-order chi connectivity index (χ0) is 15.0. The van der Waals surface area contributed by atoms with E-state index in [0.29, 0.717) is 5.41 Å². The average Bonchev–Trinajstić information content (AvgIpc) is 2.47. The number of aliphatic imine (C=N–C) groups is 1. The van der Waals surface area contributed by atoms with Crippen LogP contribution >= 0.6 is 24.0 Å². The molecule has 1 aliphatic carbocycles. The Bertz CT molecular complexity index is 323. The summed E-state index contributed by atoms with van der Waals surface area (Å²) < 4.78 is 5.37. The molecule has 1 saturated carbocycles. The fourth-order valence-electron chi connectivity index (χ4n) is 3.05. The molecule has 5 nitrogen and oxygen atoms in total. The fraction of sp³-hybridized carbons (Fsp3) is 0.938. The van der Waals surface area contributed by atoms with Gasteiger partial charge in [-0.1, -0.05) is 13.3 Å². The molecule has 0 atom stereocenters. The van der Waals surface area contributed by atoms with Gasteiger partial charge in [-0.15, -0.1) is 24.0 Å². The van der Waals surface area contributed by atoms with E-state index in [0.717, 1.165) is 58.4 Å². The molecule has 0 spiro atoms. The third-order valence-corrected chi connectivity index (χ3v) is 4.91. The molecule has 0 bridgehead atoms. The van der Waals surface area contributed by atoms with Crippen molar-refractivity contribution in [2.75, 3.05) is 52.5 Å². The first-order valence-electron chi connectivity index (χ1n) is 8.60. The number of nitrogens with one attached hydrogen (secondary N) is 2. The lowest BCUT2D eigenvalue weighted by Crippen LogP contribution is -2.45. The van der Waals surface area contributed by atoms with Crippen molar-refractivity contribution in [3.05, 3.63) is 0 Å². The van der Waals surface area contributed by atoms with Gasteiger partial charge in [-0.2, -0.15) is 0 Å². The number of morpholine rings is 1. The van der Waals surface area contributed by atoms with Gasteiger partial charge in [0.1, 0.15) is 0 Å². The van der Waals surface area contributed by atoms with Crippen molar-refractivity contribution in [1.82, 2.24) is 15.5 Å². The Labute approximate surface area is 152 Å². The number of hydrogen-bond donors (Lipinski definition) is 2. The first-order valence-corrected chi connectivity index (χ1v) is 8.60. The molecule has 0 unspecified atom stereocenters. The van der Waals surface area contributed by atoms with Crippen LogP contribution in [0.4, 0.5) is 0 Å². The molecule has 0 aromatic rings. The normalized spacial score (nSPS) is 21.6. The lowest BCUT2D eigenvalue weighted by atomic mass is 9.67. The van der Waals surface area contributed by atoms with Gasteiger partial charge in [0, 0.05) is 39.3 Å². The quantitative estimate of drug-likeness (QED) is 0.373. The van der Waals surface area contributed by atoms with E-state index in [-0.39, 0.29) is 24.0 Å². The van der Waals surface area contributed by atoms with Crippen LogP contribution in [-0.2, 0) is 4.74 Å². The Balaban J connectivity index is 0.00000242. The van der Waals surface area contributed by atoms with E-state index >= 15 is 0 Å². The minimum absolute atomic E-state index is 0. The smallest absolute Gasteiger partial charge is 0.191 e. The number of ether oxygens (including phenoxy) is 1. The second kappa shape index (κ2) is 10.6. The minimum atomic E-state index is 0. The first kappa shape index (κ1) is 20.0. The monoisotopic (exact) mass is 424 g/mol. The molecular weight excluding hydrogens is 391 g/mol. The molecule has 1 saturated heterocycles. The number of nitrogens with zero attached hydrogens (tertiary/aromatic N) is 2. The largest absolute Gasteiger partial charge is 0.379 e. The molecule has 22 heavy (non-hydrogen) atoms. The topological polar surface area (TPSA) is 48.9 Å². The number of hydrogen-bond acceptors (Lipinski definition) is 3. The van der Waals surface area contributed by atoms with Gasteiger partial charge in [-0.25, -0.2) is 0 Å². The molecular formula is C16H33IN4O. The lowest BCUT2D eigenvalue weighted by molar-refractivity contribution is 0.0389. The molecule has 1 aliphatic heterocycles. The summed E-state index contributed by atoms with van der Waals surface area (Å²) in [6.45, 7) is 12.2. The Morgan fingerprint density at radius 2 is 1.91 bits per heavy atom. The van der Waals surface area contributed by atoms with Crippen molar-refractivity contribution in [1.29, 1.82) is 0 Å². The van der Waals surface area contributed by atoms with Gasteiger partial charge in [-0.05, 0) is 31.6 Å². The molecule has 6 heteroatoms. The van der Waals surface area contributed by atoms with Crippen LogP contribution in [0.1, 0.15) is 39.5 Å². The standard InChI is InChI=1S/C16H32N4O.HI/c1-3-16(6-5-7-16)14-19-15(17-4-2)18-8-9-20-10-12-21-13-11-20;/h3-14H2,1-2H3,(H2,17,18,19);1H. The molecule has 1 heterocycles. The molecule has 0 amide bonds. The summed E-state index contributed by atoms with van der Waals surface area (Å²) in [6, 6.07) is 0. The summed E-state index contributed by atoms with van der Waals surface area (Å²) in [5.74, 6) is 0.977. The SMILES string of the molecule is CCNC(=NCC1(CC)CCC1)NCCN1CCOCC1.I. The van der Waals surface area contributed by atoms with Crippen LogP contribution in [0.15, 0.2) is 4.99 Å². The lowest BCUT2D eigenvalue weighted by Gasteiger charge is -2.40. The molecule has 2 fully saturated rings. The van der Waals surface area contributed by atoms with Crippen molar-refractivity contribution < 1.29 is 4.74 Å². The summed E-state index contributed by atoms with van der Waals surface area (Å²) >= 11 is 0. The van der Waals surface area contributed by atoms with E-state index in [9.17, 15) is 0 Å². The Morgan fingerprint density at radius 3 is 2.45 bits per heavy atom. The highest BCUT2D eigenvalue weighted by Gasteiger charge is 2.34. The van der Waals surface area contributed by atoms with Crippen LogP contribution in [0.2, 0.25) is 0 Å². The maximum atomic E-state index is 5.37. The number of rotatable bonds is 7. The summed E-state index contributed by atoms with van der Waals surface area (Å²) in [5, 5.41) is 6.83. The zero-order valence-corrected chi connectivity index (χ0v) is 16.5. The van der Waals surface area contributed by atoms with Crippen molar-refractivity contribution in [3.8, 4) is 0 Å². The van der Waals surface area contributed by atoms with Crippen LogP contribution in [-0.4, -0.2) is 63.3 Å². The predicted molar refractivity (Wildman–Crippen MR) is 103 cm³/mol.